The minimum Gasteiger partial charge on any atom is -0.341 e. The largest absolute Gasteiger partial charge is 0.341 e. The van der Waals surface area contributed by atoms with Gasteiger partial charge < -0.3 is 9.42 Å². The van der Waals surface area contributed by atoms with Crippen LogP contribution in [-0.2, 0) is 4.79 Å². The van der Waals surface area contributed by atoms with Crippen LogP contribution in [0.1, 0.15) is 31.6 Å². The molecule has 3 heterocycles. The van der Waals surface area contributed by atoms with E-state index in [9.17, 15) is 4.79 Å². The van der Waals surface area contributed by atoms with E-state index < -0.39 is 0 Å². The van der Waals surface area contributed by atoms with Crippen LogP contribution < -0.4 is 0 Å². The summed E-state index contributed by atoms with van der Waals surface area (Å²) in [5, 5.41) is 3.97. The average molecular weight is 272 g/mol. The molecule has 1 aliphatic rings. The summed E-state index contributed by atoms with van der Waals surface area (Å²) in [5.74, 6) is 1.51. The summed E-state index contributed by atoms with van der Waals surface area (Å²) >= 11 is 0. The van der Waals surface area contributed by atoms with Crippen LogP contribution in [0.15, 0.2) is 29.0 Å². The molecule has 6 nitrogen and oxygen atoms in total. The van der Waals surface area contributed by atoms with Crippen LogP contribution in [0.25, 0.3) is 11.4 Å². The Bertz CT molecular complexity index is 590. The molecule has 0 N–H and O–H groups in total. The third-order valence-electron chi connectivity index (χ3n) is 3.41. The molecule has 2 aromatic rings. The molecule has 104 valence electrons. The first-order valence-electron chi connectivity index (χ1n) is 6.79. The molecule has 0 saturated carbocycles. The Morgan fingerprint density at radius 3 is 3.05 bits per heavy atom. The number of likely N-dealkylation sites (tertiary alicyclic amines) is 1. The first-order chi connectivity index (χ1) is 9.78. The Kier molecular flexibility index (Phi) is 3.45. The maximum absolute atomic E-state index is 11.7. The van der Waals surface area contributed by atoms with Crippen LogP contribution in [0.3, 0.4) is 0 Å². The Hall–Kier alpha value is -2.24. The number of aromatic nitrogens is 3. The van der Waals surface area contributed by atoms with E-state index in [2.05, 4.69) is 15.1 Å². The van der Waals surface area contributed by atoms with E-state index in [0.29, 0.717) is 31.2 Å². The van der Waals surface area contributed by atoms with Gasteiger partial charge in [-0.3, -0.25) is 9.78 Å². The summed E-state index contributed by atoms with van der Waals surface area (Å²) in [4.78, 5) is 21.9. The maximum atomic E-state index is 11.7. The van der Waals surface area contributed by atoms with E-state index in [1.54, 1.807) is 12.4 Å². The molecule has 20 heavy (non-hydrogen) atoms. The first kappa shape index (κ1) is 12.8. The molecular formula is C14H16N4O2. The molecular weight excluding hydrogens is 256 g/mol. The van der Waals surface area contributed by atoms with E-state index >= 15 is 0 Å². The molecule has 0 aliphatic carbocycles. The van der Waals surface area contributed by atoms with Gasteiger partial charge in [0.2, 0.25) is 17.6 Å². The van der Waals surface area contributed by atoms with Gasteiger partial charge in [0, 0.05) is 37.5 Å². The predicted octanol–water partition coefficient (Wildman–Crippen LogP) is 1.86. The van der Waals surface area contributed by atoms with Gasteiger partial charge in [-0.15, -0.1) is 0 Å². The van der Waals surface area contributed by atoms with E-state index in [-0.39, 0.29) is 11.8 Å². The fraction of sp³-hybridized carbons (Fsp3) is 0.429. The van der Waals surface area contributed by atoms with Crippen molar-refractivity contribution in [3.8, 4) is 11.4 Å². The lowest BCUT2D eigenvalue weighted by molar-refractivity contribution is -0.136. The minimum absolute atomic E-state index is 0.161. The van der Waals surface area contributed by atoms with Crippen molar-refractivity contribution in [2.75, 3.05) is 13.1 Å². The topological polar surface area (TPSA) is 72.1 Å². The lowest BCUT2D eigenvalue weighted by atomic mass is 9.99. The predicted molar refractivity (Wildman–Crippen MR) is 71.8 cm³/mol. The number of amides is 1. The van der Waals surface area contributed by atoms with Crippen molar-refractivity contribution in [1.29, 1.82) is 0 Å². The smallest absolute Gasteiger partial charge is 0.233 e. The molecule has 0 aromatic carbocycles. The summed E-state index contributed by atoms with van der Waals surface area (Å²) in [6.45, 7) is 3.36. The Morgan fingerprint density at radius 1 is 1.50 bits per heavy atom. The van der Waals surface area contributed by atoms with Gasteiger partial charge in [0.15, 0.2) is 0 Å². The van der Waals surface area contributed by atoms with Gasteiger partial charge in [-0.25, -0.2) is 0 Å². The highest BCUT2D eigenvalue weighted by molar-refractivity contribution is 5.77. The first-order valence-corrected chi connectivity index (χ1v) is 6.79. The molecule has 2 aromatic heterocycles. The molecule has 1 aliphatic heterocycles. The normalized spacial score (nSPS) is 15.2. The van der Waals surface area contributed by atoms with Gasteiger partial charge in [0.1, 0.15) is 0 Å². The molecule has 0 spiro atoms. The van der Waals surface area contributed by atoms with Gasteiger partial charge in [-0.2, -0.15) is 4.98 Å². The Morgan fingerprint density at radius 2 is 2.35 bits per heavy atom. The van der Waals surface area contributed by atoms with E-state index in [4.69, 9.17) is 4.52 Å². The number of pyridine rings is 1. The van der Waals surface area contributed by atoms with E-state index in [0.717, 1.165) is 12.0 Å². The van der Waals surface area contributed by atoms with Crippen LogP contribution in [-0.4, -0.2) is 39.0 Å². The minimum atomic E-state index is 0.161. The van der Waals surface area contributed by atoms with Crippen molar-refractivity contribution in [2.45, 2.75) is 25.7 Å². The zero-order chi connectivity index (χ0) is 13.9. The third-order valence-corrected chi connectivity index (χ3v) is 3.41. The number of nitrogens with zero attached hydrogens (tertiary/aromatic N) is 4. The van der Waals surface area contributed by atoms with Gasteiger partial charge in [0.25, 0.3) is 0 Å². The van der Waals surface area contributed by atoms with Crippen LogP contribution in [0.2, 0.25) is 0 Å². The fourth-order valence-corrected chi connectivity index (χ4v) is 2.22. The van der Waals surface area contributed by atoms with Gasteiger partial charge in [-0.1, -0.05) is 12.1 Å². The van der Waals surface area contributed by atoms with Crippen molar-refractivity contribution in [3.63, 3.8) is 0 Å². The summed E-state index contributed by atoms with van der Waals surface area (Å²) in [5.41, 5.74) is 0.834. The summed E-state index contributed by atoms with van der Waals surface area (Å²) in [6.07, 6.45) is 4.89. The standard InChI is InChI=1S/C14H16N4O2/c1-2-4-12(19)18-8-11(9-18)14-16-13(17-20-14)10-5-3-6-15-7-10/h3,5-7,11H,2,4,8-9H2,1H3. The molecule has 1 amide bonds. The number of carbonyl (C=O) groups excluding carboxylic acids is 1. The molecule has 6 heteroatoms. The highest BCUT2D eigenvalue weighted by atomic mass is 16.5. The highest BCUT2D eigenvalue weighted by Gasteiger charge is 2.35. The van der Waals surface area contributed by atoms with Gasteiger partial charge in [-0.05, 0) is 18.6 Å². The molecule has 0 radical (unpaired) electrons. The molecule has 0 bridgehead atoms. The average Bonchev–Trinajstić information content (AvgIpc) is 2.88. The summed E-state index contributed by atoms with van der Waals surface area (Å²) in [6, 6.07) is 3.72. The summed E-state index contributed by atoms with van der Waals surface area (Å²) in [7, 11) is 0. The maximum Gasteiger partial charge on any atom is 0.233 e. The number of hydrogen-bond donors (Lipinski definition) is 0. The Balaban J connectivity index is 1.64. The molecule has 0 atom stereocenters. The summed E-state index contributed by atoms with van der Waals surface area (Å²) < 4.78 is 5.28. The monoisotopic (exact) mass is 272 g/mol. The quantitative estimate of drug-likeness (QED) is 0.849. The molecule has 3 rings (SSSR count). The second kappa shape index (κ2) is 5.40. The third kappa shape index (κ3) is 2.41. The molecule has 1 saturated heterocycles. The fourth-order valence-electron chi connectivity index (χ4n) is 2.22. The zero-order valence-corrected chi connectivity index (χ0v) is 11.3. The van der Waals surface area contributed by atoms with Crippen molar-refractivity contribution >= 4 is 5.91 Å². The lowest BCUT2D eigenvalue weighted by Crippen LogP contribution is -2.48. The van der Waals surface area contributed by atoms with Crippen molar-refractivity contribution in [1.82, 2.24) is 20.0 Å². The molecule has 1 fully saturated rings. The van der Waals surface area contributed by atoms with Crippen molar-refractivity contribution in [2.24, 2.45) is 0 Å². The van der Waals surface area contributed by atoms with Gasteiger partial charge >= 0.3 is 0 Å². The Labute approximate surface area is 116 Å². The van der Waals surface area contributed by atoms with Crippen LogP contribution >= 0.6 is 0 Å². The highest BCUT2D eigenvalue weighted by Crippen LogP contribution is 2.27. The lowest BCUT2D eigenvalue weighted by Gasteiger charge is -2.37. The van der Waals surface area contributed by atoms with E-state index in [1.807, 2.05) is 24.0 Å². The SMILES string of the molecule is CCCC(=O)N1CC(c2nc(-c3cccnc3)no2)C1. The second-order valence-corrected chi connectivity index (χ2v) is 4.94. The van der Waals surface area contributed by atoms with Crippen molar-refractivity contribution in [3.05, 3.63) is 30.4 Å². The van der Waals surface area contributed by atoms with Gasteiger partial charge in [0.05, 0.1) is 5.92 Å². The van der Waals surface area contributed by atoms with Crippen molar-refractivity contribution < 1.29 is 9.32 Å². The number of carbonyl (C=O) groups is 1. The van der Waals surface area contributed by atoms with Crippen LogP contribution in [0, 0.1) is 0 Å². The van der Waals surface area contributed by atoms with Crippen LogP contribution in [0.5, 0.6) is 0 Å². The van der Waals surface area contributed by atoms with E-state index in [1.165, 1.54) is 0 Å². The number of rotatable bonds is 4. The van der Waals surface area contributed by atoms with Crippen LogP contribution in [0.4, 0.5) is 0 Å². The second-order valence-electron chi connectivity index (χ2n) is 4.94. The zero-order valence-electron chi connectivity index (χ0n) is 11.3. The number of hydrogen-bond acceptors (Lipinski definition) is 5. The molecule has 0 unspecified atom stereocenters.